The molecule has 1 aromatic carbocycles. The lowest BCUT2D eigenvalue weighted by atomic mass is 9.97. The lowest BCUT2D eigenvalue weighted by Gasteiger charge is -2.25. The molecule has 1 fully saturated rings. The summed E-state index contributed by atoms with van der Waals surface area (Å²) in [7, 11) is 0. The van der Waals surface area contributed by atoms with E-state index in [1.165, 1.54) is 12.1 Å². The van der Waals surface area contributed by atoms with Crippen molar-refractivity contribution in [2.75, 3.05) is 6.54 Å². The van der Waals surface area contributed by atoms with Crippen LogP contribution in [0, 0.1) is 0 Å². The standard InChI is InChI=1S/C16H18F3N3O2/c1-2-14-20-21-15(24-14)9-22-8-10(23)7-13(22)11-5-3-4-6-12(11)16(17,18)19/h3-6,10,13,23H,2,7-9H2,1H3/t10-,13-/m0/s1. The van der Waals surface area contributed by atoms with Crippen molar-refractivity contribution < 1.29 is 22.7 Å². The number of nitrogens with zero attached hydrogens (tertiary/aromatic N) is 3. The summed E-state index contributed by atoms with van der Waals surface area (Å²) in [5.74, 6) is 0.826. The highest BCUT2D eigenvalue weighted by Gasteiger charge is 2.40. The fourth-order valence-corrected chi connectivity index (χ4v) is 3.09. The Kier molecular flexibility index (Phi) is 4.60. The third kappa shape index (κ3) is 3.44. The van der Waals surface area contributed by atoms with E-state index in [1.54, 1.807) is 11.0 Å². The Bertz CT molecular complexity index is 702. The molecule has 0 unspecified atom stereocenters. The highest BCUT2D eigenvalue weighted by atomic mass is 19.4. The second-order valence-electron chi connectivity index (χ2n) is 5.86. The largest absolute Gasteiger partial charge is 0.424 e. The van der Waals surface area contributed by atoms with Crippen molar-refractivity contribution in [2.24, 2.45) is 0 Å². The number of β-amino-alcohol motifs (C(OH)–C–C–N with tert-alkyl or cyclic N) is 1. The van der Waals surface area contributed by atoms with Crippen molar-refractivity contribution in [3.8, 4) is 0 Å². The molecule has 2 atom stereocenters. The molecule has 2 aromatic rings. The number of likely N-dealkylation sites (tertiary alicyclic amines) is 1. The second-order valence-corrected chi connectivity index (χ2v) is 5.86. The molecule has 1 aliphatic rings. The number of aliphatic hydroxyl groups is 1. The number of hydrogen-bond acceptors (Lipinski definition) is 5. The molecule has 1 aliphatic heterocycles. The van der Waals surface area contributed by atoms with Gasteiger partial charge in [0.05, 0.1) is 18.2 Å². The van der Waals surface area contributed by atoms with Gasteiger partial charge in [0.2, 0.25) is 11.8 Å². The predicted octanol–water partition coefficient (Wildman–Crippen LogP) is 2.96. The second kappa shape index (κ2) is 6.52. The van der Waals surface area contributed by atoms with E-state index in [9.17, 15) is 18.3 Å². The van der Waals surface area contributed by atoms with Gasteiger partial charge in [-0.05, 0) is 18.1 Å². The third-order valence-electron chi connectivity index (χ3n) is 4.16. The fraction of sp³-hybridized carbons (Fsp3) is 0.500. The minimum absolute atomic E-state index is 0.164. The molecule has 130 valence electrons. The zero-order valence-corrected chi connectivity index (χ0v) is 13.1. The van der Waals surface area contributed by atoms with Crippen LogP contribution in [-0.2, 0) is 19.1 Å². The Balaban J connectivity index is 1.88. The lowest BCUT2D eigenvalue weighted by molar-refractivity contribution is -0.138. The summed E-state index contributed by atoms with van der Waals surface area (Å²) in [4.78, 5) is 1.75. The third-order valence-corrected chi connectivity index (χ3v) is 4.16. The summed E-state index contributed by atoms with van der Waals surface area (Å²) in [6.07, 6.45) is -4.29. The molecule has 3 rings (SSSR count). The number of halogens is 3. The predicted molar refractivity (Wildman–Crippen MR) is 78.9 cm³/mol. The van der Waals surface area contributed by atoms with Gasteiger partial charge in [-0.3, -0.25) is 4.90 Å². The van der Waals surface area contributed by atoms with Gasteiger partial charge in [-0.2, -0.15) is 13.2 Å². The van der Waals surface area contributed by atoms with E-state index in [-0.39, 0.29) is 25.1 Å². The van der Waals surface area contributed by atoms with Crippen molar-refractivity contribution in [1.82, 2.24) is 15.1 Å². The molecule has 0 spiro atoms. The zero-order valence-electron chi connectivity index (χ0n) is 13.1. The summed E-state index contributed by atoms with van der Waals surface area (Å²) in [5.41, 5.74) is -0.509. The number of benzene rings is 1. The number of hydrogen-bond donors (Lipinski definition) is 1. The number of alkyl halides is 3. The maximum absolute atomic E-state index is 13.3. The molecule has 8 heteroatoms. The Morgan fingerprint density at radius 3 is 2.62 bits per heavy atom. The van der Waals surface area contributed by atoms with E-state index < -0.39 is 23.9 Å². The van der Waals surface area contributed by atoms with Crippen molar-refractivity contribution in [3.05, 3.63) is 47.2 Å². The van der Waals surface area contributed by atoms with Crippen LogP contribution >= 0.6 is 0 Å². The van der Waals surface area contributed by atoms with Gasteiger partial charge >= 0.3 is 6.18 Å². The Morgan fingerprint density at radius 1 is 1.25 bits per heavy atom. The first-order chi connectivity index (χ1) is 11.4. The summed E-state index contributed by atoms with van der Waals surface area (Å²) in [5, 5.41) is 17.7. The van der Waals surface area contributed by atoms with E-state index >= 15 is 0 Å². The molecular formula is C16H18F3N3O2. The van der Waals surface area contributed by atoms with Crippen LogP contribution in [0.2, 0.25) is 0 Å². The van der Waals surface area contributed by atoms with Crippen LogP contribution in [0.15, 0.2) is 28.7 Å². The number of rotatable bonds is 4. The molecule has 2 heterocycles. The zero-order chi connectivity index (χ0) is 17.3. The SMILES string of the molecule is CCc1nnc(CN2C[C@@H](O)C[C@H]2c2ccccc2C(F)(F)F)o1. The van der Waals surface area contributed by atoms with E-state index in [1.807, 2.05) is 6.92 Å². The van der Waals surface area contributed by atoms with Crippen molar-refractivity contribution >= 4 is 0 Å². The summed E-state index contributed by atoms with van der Waals surface area (Å²) < 4.78 is 45.3. The van der Waals surface area contributed by atoms with Gasteiger partial charge in [0.25, 0.3) is 0 Å². The highest BCUT2D eigenvalue weighted by molar-refractivity contribution is 5.33. The van der Waals surface area contributed by atoms with Gasteiger partial charge in [-0.25, -0.2) is 0 Å². The summed E-state index contributed by atoms with van der Waals surface area (Å²) in [6, 6.07) is 4.93. The molecular weight excluding hydrogens is 323 g/mol. The van der Waals surface area contributed by atoms with E-state index in [0.29, 0.717) is 18.2 Å². The van der Waals surface area contributed by atoms with Crippen LogP contribution in [0.5, 0.6) is 0 Å². The lowest BCUT2D eigenvalue weighted by Crippen LogP contribution is -2.26. The fourth-order valence-electron chi connectivity index (χ4n) is 3.09. The monoisotopic (exact) mass is 341 g/mol. The van der Waals surface area contributed by atoms with Crippen LogP contribution in [0.1, 0.15) is 42.3 Å². The topological polar surface area (TPSA) is 62.4 Å². The van der Waals surface area contributed by atoms with Crippen LogP contribution in [0.4, 0.5) is 13.2 Å². The Labute approximate surface area is 137 Å². The van der Waals surface area contributed by atoms with Gasteiger partial charge in [0, 0.05) is 19.0 Å². The Morgan fingerprint density at radius 2 is 1.96 bits per heavy atom. The van der Waals surface area contributed by atoms with E-state index in [4.69, 9.17) is 4.42 Å². The maximum atomic E-state index is 13.3. The highest BCUT2D eigenvalue weighted by Crippen LogP contribution is 2.40. The molecule has 1 saturated heterocycles. The summed E-state index contributed by atoms with van der Waals surface area (Å²) >= 11 is 0. The molecule has 5 nitrogen and oxygen atoms in total. The van der Waals surface area contributed by atoms with Gasteiger partial charge in [0.1, 0.15) is 0 Å². The van der Waals surface area contributed by atoms with Gasteiger partial charge < -0.3 is 9.52 Å². The normalized spacial score (nSPS) is 22.2. The minimum atomic E-state index is -4.43. The first-order valence-electron chi connectivity index (χ1n) is 7.78. The molecule has 0 radical (unpaired) electrons. The molecule has 0 bridgehead atoms. The van der Waals surface area contributed by atoms with E-state index in [0.717, 1.165) is 6.07 Å². The van der Waals surface area contributed by atoms with Gasteiger partial charge in [-0.15, -0.1) is 10.2 Å². The maximum Gasteiger partial charge on any atom is 0.416 e. The van der Waals surface area contributed by atoms with Gasteiger partial charge in [0.15, 0.2) is 0 Å². The first-order valence-corrected chi connectivity index (χ1v) is 7.78. The molecule has 0 saturated carbocycles. The average Bonchev–Trinajstić information content (AvgIpc) is 3.13. The van der Waals surface area contributed by atoms with E-state index in [2.05, 4.69) is 10.2 Å². The van der Waals surface area contributed by atoms with Crippen LogP contribution in [0.3, 0.4) is 0 Å². The molecule has 0 aliphatic carbocycles. The van der Waals surface area contributed by atoms with Gasteiger partial charge in [-0.1, -0.05) is 25.1 Å². The van der Waals surface area contributed by atoms with Crippen LogP contribution in [-0.4, -0.2) is 32.9 Å². The van der Waals surface area contributed by atoms with Crippen LogP contribution in [0.25, 0.3) is 0 Å². The van der Waals surface area contributed by atoms with Crippen LogP contribution < -0.4 is 0 Å². The Hall–Kier alpha value is -1.93. The minimum Gasteiger partial charge on any atom is -0.424 e. The average molecular weight is 341 g/mol. The quantitative estimate of drug-likeness (QED) is 0.926. The molecule has 24 heavy (non-hydrogen) atoms. The molecule has 0 amide bonds. The smallest absolute Gasteiger partial charge is 0.416 e. The van der Waals surface area contributed by atoms with Crippen molar-refractivity contribution in [1.29, 1.82) is 0 Å². The summed E-state index contributed by atoms with van der Waals surface area (Å²) in [6.45, 7) is 2.35. The number of aliphatic hydroxyl groups excluding tert-OH is 1. The molecule has 1 N–H and O–H groups in total. The van der Waals surface area contributed by atoms with Crippen molar-refractivity contribution in [3.63, 3.8) is 0 Å². The first kappa shape index (κ1) is 16.9. The number of aromatic nitrogens is 2. The number of aryl methyl sites for hydroxylation is 1. The molecule has 1 aromatic heterocycles. The van der Waals surface area contributed by atoms with Crippen molar-refractivity contribution in [2.45, 2.75) is 44.6 Å².